The van der Waals surface area contributed by atoms with Crippen molar-refractivity contribution in [1.29, 1.82) is 0 Å². The van der Waals surface area contributed by atoms with Crippen LogP contribution in [-0.4, -0.2) is 44.1 Å². The van der Waals surface area contributed by atoms with Gasteiger partial charge in [-0.15, -0.1) is 0 Å². The van der Waals surface area contributed by atoms with Crippen LogP contribution in [0.25, 0.3) is 0 Å². The van der Waals surface area contributed by atoms with Crippen molar-refractivity contribution in [3.63, 3.8) is 0 Å². The molecule has 0 aliphatic heterocycles. The smallest absolute Gasteiger partial charge is 0.307 e. The van der Waals surface area contributed by atoms with Crippen LogP contribution >= 0.6 is 0 Å². The Bertz CT molecular complexity index is 273. The van der Waals surface area contributed by atoms with E-state index in [9.17, 15) is 13.2 Å². The number of aliphatic carboxylic acids is 1. The molecular formula is C8H17NO4S. The molecule has 5 nitrogen and oxygen atoms in total. The summed E-state index contributed by atoms with van der Waals surface area (Å²) in [6, 6.07) is 0. The van der Waals surface area contributed by atoms with Crippen LogP contribution in [0.1, 0.15) is 13.8 Å². The van der Waals surface area contributed by atoms with Gasteiger partial charge in [0, 0.05) is 18.8 Å². The third kappa shape index (κ3) is 5.93. The van der Waals surface area contributed by atoms with Gasteiger partial charge in [-0.3, -0.25) is 4.79 Å². The molecule has 0 bridgehead atoms. The molecule has 14 heavy (non-hydrogen) atoms. The zero-order chi connectivity index (χ0) is 11.2. The van der Waals surface area contributed by atoms with Gasteiger partial charge >= 0.3 is 5.97 Å². The van der Waals surface area contributed by atoms with Gasteiger partial charge in [-0.2, -0.15) is 0 Å². The van der Waals surface area contributed by atoms with Gasteiger partial charge in [0.1, 0.15) is 0 Å². The van der Waals surface area contributed by atoms with E-state index in [-0.39, 0.29) is 11.5 Å². The van der Waals surface area contributed by atoms with Gasteiger partial charge < -0.3 is 10.4 Å². The molecule has 0 aromatic heterocycles. The van der Waals surface area contributed by atoms with E-state index in [4.69, 9.17) is 5.11 Å². The maximum atomic E-state index is 11.0. The highest BCUT2D eigenvalue weighted by Gasteiger charge is 2.11. The summed E-state index contributed by atoms with van der Waals surface area (Å²) < 4.78 is 22.0. The van der Waals surface area contributed by atoms with Crippen LogP contribution in [-0.2, 0) is 14.6 Å². The van der Waals surface area contributed by atoms with E-state index in [1.165, 1.54) is 0 Å². The Hall–Kier alpha value is -0.620. The minimum atomic E-state index is -2.95. The highest BCUT2D eigenvalue weighted by atomic mass is 32.2. The molecule has 0 radical (unpaired) electrons. The molecule has 0 rings (SSSR count). The van der Waals surface area contributed by atoms with Crippen molar-refractivity contribution in [1.82, 2.24) is 5.32 Å². The molecule has 84 valence electrons. The number of nitrogens with one attached hydrogen (secondary N) is 1. The summed E-state index contributed by atoms with van der Waals surface area (Å²) in [5.41, 5.74) is 0. The van der Waals surface area contributed by atoms with Gasteiger partial charge in [0.05, 0.1) is 11.7 Å². The summed E-state index contributed by atoms with van der Waals surface area (Å²) in [4.78, 5) is 10.4. The minimum Gasteiger partial charge on any atom is -0.481 e. The zero-order valence-corrected chi connectivity index (χ0v) is 9.30. The minimum absolute atomic E-state index is 0.0653. The van der Waals surface area contributed by atoms with Crippen molar-refractivity contribution < 1.29 is 18.3 Å². The van der Waals surface area contributed by atoms with Crippen LogP contribution in [0.3, 0.4) is 0 Å². The van der Waals surface area contributed by atoms with Crippen molar-refractivity contribution in [2.24, 2.45) is 5.92 Å². The van der Waals surface area contributed by atoms with Crippen molar-refractivity contribution in [2.75, 3.05) is 24.6 Å². The second-order valence-corrected chi connectivity index (χ2v) is 5.65. The first kappa shape index (κ1) is 13.4. The summed E-state index contributed by atoms with van der Waals surface area (Å²) >= 11 is 0. The molecule has 0 aliphatic carbocycles. The number of carboxylic acids is 1. The molecule has 0 saturated carbocycles. The van der Waals surface area contributed by atoms with E-state index in [1.54, 1.807) is 13.8 Å². The molecule has 1 unspecified atom stereocenters. The number of hydrogen-bond donors (Lipinski definition) is 2. The van der Waals surface area contributed by atoms with Gasteiger partial charge in [0.2, 0.25) is 0 Å². The molecule has 0 amide bonds. The lowest BCUT2D eigenvalue weighted by molar-refractivity contribution is -0.140. The Kier molecular flexibility index (Phi) is 5.71. The first-order chi connectivity index (χ1) is 6.39. The van der Waals surface area contributed by atoms with Crippen molar-refractivity contribution in [3.8, 4) is 0 Å². The normalized spacial score (nSPS) is 13.9. The Morgan fingerprint density at radius 1 is 1.50 bits per heavy atom. The van der Waals surface area contributed by atoms with Crippen molar-refractivity contribution in [2.45, 2.75) is 13.8 Å². The Balaban J connectivity index is 3.62. The monoisotopic (exact) mass is 223 g/mol. The van der Waals surface area contributed by atoms with Gasteiger partial charge in [0.15, 0.2) is 9.84 Å². The standard InChI is InChI=1S/C8H17NO4S/c1-3-14(12,13)5-4-9-6-7(2)8(10)11/h7,9H,3-6H2,1-2H3,(H,10,11). The number of carbonyl (C=O) groups is 1. The van der Waals surface area contributed by atoms with Crippen LogP contribution in [0.15, 0.2) is 0 Å². The molecule has 0 aromatic rings. The van der Waals surface area contributed by atoms with Crippen LogP contribution in [0, 0.1) is 5.92 Å². The van der Waals surface area contributed by atoms with E-state index < -0.39 is 21.7 Å². The number of sulfone groups is 1. The van der Waals surface area contributed by atoms with E-state index in [1.807, 2.05) is 0 Å². The van der Waals surface area contributed by atoms with E-state index >= 15 is 0 Å². The topological polar surface area (TPSA) is 83.5 Å². The third-order valence-corrected chi connectivity index (χ3v) is 3.61. The predicted molar refractivity (Wildman–Crippen MR) is 54.0 cm³/mol. The maximum Gasteiger partial charge on any atom is 0.307 e. The fraction of sp³-hybridized carbons (Fsp3) is 0.875. The van der Waals surface area contributed by atoms with Crippen molar-refractivity contribution >= 4 is 15.8 Å². The highest BCUT2D eigenvalue weighted by Crippen LogP contribution is 1.92. The molecule has 1 atom stereocenters. The van der Waals surface area contributed by atoms with Crippen LogP contribution in [0.4, 0.5) is 0 Å². The molecule has 0 fully saturated rings. The second-order valence-electron chi connectivity index (χ2n) is 3.18. The van der Waals surface area contributed by atoms with Gasteiger partial charge in [-0.05, 0) is 0 Å². The van der Waals surface area contributed by atoms with E-state index in [2.05, 4.69) is 5.32 Å². The number of hydrogen-bond acceptors (Lipinski definition) is 4. The number of carboxylic acid groups (broad SMARTS) is 1. The lowest BCUT2D eigenvalue weighted by Crippen LogP contribution is -2.30. The second kappa shape index (κ2) is 5.98. The molecule has 0 aromatic carbocycles. The third-order valence-electron chi connectivity index (χ3n) is 1.90. The summed E-state index contributed by atoms with van der Waals surface area (Å²) in [6.45, 7) is 3.78. The van der Waals surface area contributed by atoms with E-state index in [0.29, 0.717) is 13.1 Å². The lowest BCUT2D eigenvalue weighted by Gasteiger charge is -2.07. The summed E-state index contributed by atoms with van der Waals surface area (Å²) in [5, 5.41) is 11.3. The highest BCUT2D eigenvalue weighted by molar-refractivity contribution is 7.91. The molecule has 6 heteroatoms. The summed E-state index contributed by atoms with van der Waals surface area (Å²) in [6.07, 6.45) is 0. The average Bonchev–Trinajstić information content (AvgIpc) is 2.12. The van der Waals surface area contributed by atoms with Crippen LogP contribution < -0.4 is 5.32 Å². The lowest BCUT2D eigenvalue weighted by atomic mass is 10.2. The quantitative estimate of drug-likeness (QED) is 0.581. The fourth-order valence-corrected chi connectivity index (χ4v) is 1.52. The molecule has 0 spiro atoms. The molecule has 0 aliphatic rings. The molecule has 2 N–H and O–H groups in total. The first-order valence-electron chi connectivity index (χ1n) is 4.53. The summed E-state index contributed by atoms with van der Waals surface area (Å²) in [5.74, 6) is -1.17. The maximum absolute atomic E-state index is 11.0. The molecule has 0 heterocycles. The Morgan fingerprint density at radius 2 is 2.07 bits per heavy atom. The number of rotatable bonds is 7. The van der Waals surface area contributed by atoms with Crippen molar-refractivity contribution in [3.05, 3.63) is 0 Å². The van der Waals surface area contributed by atoms with Gasteiger partial charge in [0.25, 0.3) is 0 Å². The molecule has 0 saturated heterocycles. The van der Waals surface area contributed by atoms with Gasteiger partial charge in [-0.25, -0.2) is 8.42 Å². The predicted octanol–water partition coefficient (Wildman–Crippen LogP) is -0.269. The average molecular weight is 223 g/mol. The molecular weight excluding hydrogens is 206 g/mol. The Labute approximate surface area is 84.4 Å². The summed E-state index contributed by atoms with van der Waals surface area (Å²) in [7, 11) is -2.95. The largest absolute Gasteiger partial charge is 0.481 e. The Morgan fingerprint density at radius 3 is 2.50 bits per heavy atom. The van der Waals surface area contributed by atoms with Gasteiger partial charge in [-0.1, -0.05) is 13.8 Å². The fourth-order valence-electron chi connectivity index (χ4n) is 0.778. The first-order valence-corrected chi connectivity index (χ1v) is 6.35. The van der Waals surface area contributed by atoms with Crippen LogP contribution in [0.5, 0.6) is 0 Å². The van der Waals surface area contributed by atoms with E-state index in [0.717, 1.165) is 0 Å². The zero-order valence-electron chi connectivity index (χ0n) is 8.49. The van der Waals surface area contributed by atoms with Crippen LogP contribution in [0.2, 0.25) is 0 Å². The SMILES string of the molecule is CCS(=O)(=O)CCNCC(C)C(=O)O.